The van der Waals surface area contributed by atoms with Crippen LogP contribution < -0.4 is 5.32 Å². The molecule has 1 amide bonds. The van der Waals surface area contributed by atoms with Crippen LogP contribution in [0.3, 0.4) is 0 Å². The maximum Gasteiger partial charge on any atom is 0.252 e. The Labute approximate surface area is 125 Å². The minimum absolute atomic E-state index is 0.0104. The summed E-state index contributed by atoms with van der Waals surface area (Å²) in [6, 6.07) is 5.97. The van der Waals surface area contributed by atoms with E-state index >= 15 is 0 Å². The van der Waals surface area contributed by atoms with Gasteiger partial charge < -0.3 is 5.32 Å². The summed E-state index contributed by atoms with van der Waals surface area (Å²) in [7, 11) is 0. The van der Waals surface area contributed by atoms with E-state index in [1.807, 2.05) is 25.1 Å². The Balaban J connectivity index is 2.86. The molecule has 0 aliphatic rings. The summed E-state index contributed by atoms with van der Waals surface area (Å²) in [5, 5.41) is 3.84. The number of rotatable bonds is 4. The molecule has 4 heteroatoms. The van der Waals surface area contributed by atoms with Gasteiger partial charge in [-0.3, -0.25) is 4.79 Å². The standard InChI is InChI=1S/C13H17BrINO/c1-8(2)11(7-14)16-13(17)10-6-4-5-9(3)12(10)15/h4-6,8,11H,7H2,1-3H3,(H,16,17). The largest absolute Gasteiger partial charge is 0.348 e. The van der Waals surface area contributed by atoms with Gasteiger partial charge in [-0.05, 0) is 47.1 Å². The molecular formula is C13H17BrINO. The lowest BCUT2D eigenvalue weighted by Crippen LogP contribution is -2.40. The van der Waals surface area contributed by atoms with E-state index < -0.39 is 0 Å². The predicted octanol–water partition coefficient (Wildman–Crippen LogP) is 3.75. The third-order valence-electron chi connectivity index (χ3n) is 2.72. The summed E-state index contributed by atoms with van der Waals surface area (Å²) in [6.45, 7) is 6.23. The normalized spacial score (nSPS) is 12.6. The molecule has 0 aromatic heterocycles. The van der Waals surface area contributed by atoms with E-state index in [2.05, 4.69) is 57.7 Å². The minimum Gasteiger partial charge on any atom is -0.348 e. The van der Waals surface area contributed by atoms with Crippen LogP contribution in [0.2, 0.25) is 0 Å². The van der Waals surface area contributed by atoms with Crippen molar-refractivity contribution in [2.45, 2.75) is 26.8 Å². The Morgan fingerprint density at radius 1 is 1.47 bits per heavy atom. The van der Waals surface area contributed by atoms with E-state index in [1.165, 1.54) is 0 Å². The number of alkyl halides is 1. The molecule has 1 N–H and O–H groups in total. The van der Waals surface area contributed by atoms with Crippen molar-refractivity contribution in [2.75, 3.05) is 5.33 Å². The molecule has 0 aliphatic heterocycles. The first-order chi connectivity index (χ1) is 7.97. The average molecular weight is 410 g/mol. The molecule has 0 bridgehead atoms. The highest BCUT2D eigenvalue weighted by Gasteiger charge is 2.17. The van der Waals surface area contributed by atoms with Gasteiger partial charge in [-0.2, -0.15) is 0 Å². The topological polar surface area (TPSA) is 29.1 Å². The molecule has 0 saturated carbocycles. The summed E-state index contributed by atoms with van der Waals surface area (Å²) >= 11 is 5.66. The molecule has 17 heavy (non-hydrogen) atoms. The summed E-state index contributed by atoms with van der Waals surface area (Å²) < 4.78 is 1.03. The molecule has 0 fully saturated rings. The second-order valence-corrected chi connectivity index (χ2v) is 6.14. The second kappa shape index (κ2) is 6.73. The van der Waals surface area contributed by atoms with Crippen molar-refractivity contribution in [3.05, 3.63) is 32.9 Å². The molecule has 1 aromatic rings. The maximum atomic E-state index is 12.2. The predicted molar refractivity (Wildman–Crippen MR) is 83.8 cm³/mol. The van der Waals surface area contributed by atoms with Crippen molar-refractivity contribution >= 4 is 44.4 Å². The van der Waals surface area contributed by atoms with Crippen molar-refractivity contribution in [1.29, 1.82) is 0 Å². The molecule has 0 aliphatic carbocycles. The van der Waals surface area contributed by atoms with Gasteiger partial charge in [0, 0.05) is 14.9 Å². The second-order valence-electron chi connectivity index (χ2n) is 4.41. The summed E-state index contributed by atoms with van der Waals surface area (Å²) in [4.78, 5) is 12.2. The van der Waals surface area contributed by atoms with Crippen molar-refractivity contribution in [3.8, 4) is 0 Å². The molecule has 1 atom stereocenters. The molecule has 1 unspecified atom stereocenters. The first-order valence-corrected chi connectivity index (χ1v) is 7.79. The number of hydrogen-bond donors (Lipinski definition) is 1. The summed E-state index contributed by atoms with van der Waals surface area (Å²) in [5.41, 5.74) is 1.90. The number of carbonyl (C=O) groups excluding carboxylic acids is 1. The zero-order chi connectivity index (χ0) is 13.0. The lowest BCUT2D eigenvalue weighted by Gasteiger charge is -2.20. The minimum atomic E-state index is 0.0104. The molecule has 1 rings (SSSR count). The van der Waals surface area contributed by atoms with Gasteiger partial charge in [-0.15, -0.1) is 0 Å². The number of aryl methyl sites for hydroxylation is 1. The quantitative estimate of drug-likeness (QED) is 0.595. The number of carbonyl (C=O) groups is 1. The molecular weight excluding hydrogens is 393 g/mol. The van der Waals surface area contributed by atoms with Crippen LogP contribution >= 0.6 is 38.5 Å². The Bertz CT molecular complexity index is 406. The fourth-order valence-electron chi connectivity index (χ4n) is 1.45. The number of nitrogens with one attached hydrogen (secondary N) is 1. The third kappa shape index (κ3) is 3.95. The van der Waals surface area contributed by atoms with E-state index in [9.17, 15) is 4.79 Å². The number of hydrogen-bond acceptors (Lipinski definition) is 1. The Morgan fingerprint density at radius 2 is 2.12 bits per heavy atom. The average Bonchev–Trinajstić information content (AvgIpc) is 2.28. The van der Waals surface area contributed by atoms with Gasteiger partial charge in [0.2, 0.25) is 0 Å². The van der Waals surface area contributed by atoms with Crippen LogP contribution in [-0.2, 0) is 0 Å². The van der Waals surface area contributed by atoms with Crippen molar-refractivity contribution in [1.82, 2.24) is 5.32 Å². The Kier molecular flexibility index (Phi) is 5.92. The van der Waals surface area contributed by atoms with Crippen LogP contribution in [0.4, 0.5) is 0 Å². The van der Waals surface area contributed by atoms with Gasteiger partial charge in [-0.25, -0.2) is 0 Å². The van der Waals surface area contributed by atoms with E-state index in [1.54, 1.807) is 0 Å². The van der Waals surface area contributed by atoms with E-state index in [0.29, 0.717) is 5.92 Å². The molecule has 94 valence electrons. The SMILES string of the molecule is Cc1cccc(C(=O)NC(CBr)C(C)C)c1I. The highest BCUT2D eigenvalue weighted by atomic mass is 127. The molecule has 0 spiro atoms. The van der Waals surface area contributed by atoms with Gasteiger partial charge in [0.25, 0.3) is 5.91 Å². The monoisotopic (exact) mass is 409 g/mol. The van der Waals surface area contributed by atoms with Gasteiger partial charge in [0.15, 0.2) is 0 Å². The lowest BCUT2D eigenvalue weighted by atomic mass is 10.1. The molecule has 0 heterocycles. The molecule has 2 nitrogen and oxygen atoms in total. The summed E-state index contributed by atoms with van der Waals surface area (Å²) in [6.07, 6.45) is 0. The third-order valence-corrected chi connectivity index (χ3v) is 4.85. The van der Waals surface area contributed by atoms with E-state index in [-0.39, 0.29) is 11.9 Å². The first-order valence-electron chi connectivity index (χ1n) is 5.59. The van der Waals surface area contributed by atoms with Gasteiger partial charge in [0.1, 0.15) is 0 Å². The Morgan fingerprint density at radius 3 is 2.65 bits per heavy atom. The van der Waals surface area contributed by atoms with E-state index in [0.717, 1.165) is 20.0 Å². The van der Waals surface area contributed by atoms with Crippen LogP contribution in [0, 0.1) is 16.4 Å². The summed E-state index contributed by atoms with van der Waals surface area (Å²) in [5.74, 6) is 0.428. The van der Waals surface area contributed by atoms with Crippen LogP contribution in [-0.4, -0.2) is 17.3 Å². The number of halogens is 2. The van der Waals surface area contributed by atoms with Crippen LogP contribution in [0.1, 0.15) is 29.8 Å². The van der Waals surface area contributed by atoms with Crippen molar-refractivity contribution in [2.24, 2.45) is 5.92 Å². The fourth-order valence-corrected chi connectivity index (χ4v) is 2.97. The first kappa shape index (κ1) is 15.0. The Hall–Kier alpha value is -0.100. The smallest absolute Gasteiger partial charge is 0.252 e. The van der Waals surface area contributed by atoms with E-state index in [4.69, 9.17) is 0 Å². The maximum absolute atomic E-state index is 12.2. The lowest BCUT2D eigenvalue weighted by molar-refractivity contribution is 0.0931. The molecule has 0 radical (unpaired) electrons. The number of amides is 1. The van der Waals surface area contributed by atoms with Crippen LogP contribution in [0.5, 0.6) is 0 Å². The van der Waals surface area contributed by atoms with Gasteiger partial charge in [0.05, 0.1) is 5.56 Å². The van der Waals surface area contributed by atoms with Crippen molar-refractivity contribution < 1.29 is 4.79 Å². The van der Waals surface area contributed by atoms with Crippen LogP contribution in [0.25, 0.3) is 0 Å². The fraction of sp³-hybridized carbons (Fsp3) is 0.462. The molecule has 1 aromatic carbocycles. The van der Waals surface area contributed by atoms with Crippen LogP contribution in [0.15, 0.2) is 18.2 Å². The highest BCUT2D eigenvalue weighted by molar-refractivity contribution is 14.1. The number of benzene rings is 1. The molecule has 0 saturated heterocycles. The van der Waals surface area contributed by atoms with Gasteiger partial charge in [-0.1, -0.05) is 41.9 Å². The van der Waals surface area contributed by atoms with Gasteiger partial charge >= 0.3 is 0 Å². The zero-order valence-corrected chi connectivity index (χ0v) is 14.0. The highest BCUT2D eigenvalue weighted by Crippen LogP contribution is 2.17. The zero-order valence-electron chi connectivity index (χ0n) is 10.3. The van der Waals surface area contributed by atoms with Crippen molar-refractivity contribution in [3.63, 3.8) is 0 Å².